The van der Waals surface area contributed by atoms with Gasteiger partial charge in [-0.1, -0.05) is 41.8 Å². The van der Waals surface area contributed by atoms with E-state index in [1.165, 1.54) is 28.3 Å². The zero-order valence-corrected chi connectivity index (χ0v) is 23.2. The Morgan fingerprint density at radius 1 is 1.15 bits per heavy atom. The van der Waals surface area contributed by atoms with Crippen LogP contribution in [0.1, 0.15) is 40.2 Å². The summed E-state index contributed by atoms with van der Waals surface area (Å²) in [6.45, 7) is 0. The second-order valence-electron chi connectivity index (χ2n) is 9.44. The highest BCUT2D eigenvalue weighted by Crippen LogP contribution is 3.02. The number of aromatic carboxylic acids is 1. The molecular weight excluding hydrogens is 618 g/mol. The predicted molar refractivity (Wildman–Crippen MR) is 142 cm³/mol. The fourth-order valence-corrected chi connectivity index (χ4v) is 6.21. The number of rotatable bonds is 9. The maximum Gasteiger partial charge on any atom is 0.355 e. The number of carboxylic acids is 1. The molecule has 2 aromatic carbocycles. The van der Waals surface area contributed by atoms with Crippen molar-refractivity contribution in [3.8, 4) is 16.4 Å². The van der Waals surface area contributed by atoms with E-state index in [0.29, 0.717) is 29.3 Å². The molecule has 41 heavy (non-hydrogen) atoms. The Balaban J connectivity index is 0.00000387. The molecular formula is C24H22F6N4O4S3. The topological polar surface area (TPSA) is 141 Å². The first-order chi connectivity index (χ1) is 18.5. The fourth-order valence-electron chi connectivity index (χ4n) is 4.25. The van der Waals surface area contributed by atoms with Crippen LogP contribution in [0.15, 0.2) is 57.6 Å². The number of nitrogens with zero attached hydrogens (tertiary/aromatic N) is 3. The van der Waals surface area contributed by atoms with Gasteiger partial charge in [-0.3, -0.25) is 0 Å². The summed E-state index contributed by atoms with van der Waals surface area (Å²) in [6.07, 6.45) is 2.05. The van der Waals surface area contributed by atoms with E-state index in [1.54, 1.807) is 0 Å². The zero-order valence-electron chi connectivity index (χ0n) is 20.7. The highest BCUT2D eigenvalue weighted by Gasteiger charge is 2.65. The Bertz CT molecular complexity index is 1690. The Kier molecular flexibility index (Phi) is 7.44. The van der Waals surface area contributed by atoms with Gasteiger partial charge in [0, 0.05) is 22.9 Å². The maximum absolute atomic E-state index is 14.6. The second-order valence-corrected chi connectivity index (χ2v) is 13.8. The molecule has 1 aliphatic rings. The van der Waals surface area contributed by atoms with Crippen LogP contribution in [-0.4, -0.2) is 31.3 Å². The molecule has 0 amide bonds. The van der Waals surface area contributed by atoms with E-state index in [2.05, 4.69) is 10.1 Å². The molecule has 4 aromatic rings. The van der Waals surface area contributed by atoms with Crippen molar-refractivity contribution in [3.05, 3.63) is 76.2 Å². The third-order valence-corrected chi connectivity index (χ3v) is 9.14. The van der Waals surface area contributed by atoms with Crippen LogP contribution < -0.4 is 5.14 Å². The molecule has 17 heteroatoms. The third-order valence-electron chi connectivity index (χ3n) is 6.34. The van der Waals surface area contributed by atoms with Crippen LogP contribution in [0.2, 0.25) is 0 Å². The SMILES string of the molecule is N[SH+](=O)c1ccc(Cc2c(-c3cccc(S(F)(F)(F)(F)F)c3)nn(-c3nc(C(=O)O)cs3)c2CC2CC2)cc1F.[OH-]. The summed E-state index contributed by atoms with van der Waals surface area (Å²) in [5, 5.41) is 20.5. The molecule has 0 spiro atoms. The number of nitrogens with two attached hydrogens (primary N) is 1. The van der Waals surface area contributed by atoms with Crippen molar-refractivity contribution >= 4 is 38.5 Å². The van der Waals surface area contributed by atoms with Crippen LogP contribution in [0.5, 0.6) is 0 Å². The lowest BCUT2D eigenvalue weighted by Crippen LogP contribution is -2.07. The number of thiazole rings is 1. The molecule has 0 radical (unpaired) electrons. The summed E-state index contributed by atoms with van der Waals surface area (Å²) >= 11 is 0.938. The average molecular weight is 641 g/mol. The lowest BCUT2D eigenvalue weighted by atomic mass is 9.97. The fraction of sp³-hybridized carbons (Fsp3) is 0.208. The molecule has 1 unspecified atom stereocenters. The minimum atomic E-state index is -10.0. The Morgan fingerprint density at radius 2 is 1.85 bits per heavy atom. The van der Waals surface area contributed by atoms with Crippen LogP contribution >= 0.6 is 21.6 Å². The molecule has 4 N–H and O–H groups in total. The summed E-state index contributed by atoms with van der Waals surface area (Å²) in [5.74, 6) is -1.93. The standard InChI is InChI=1S/C24H20F6N4O3S3.H2O/c25-18-9-14(6-7-21(18)39(31)37)8-17-20(10-13-4-5-13)34(24-32-19(12-38-24)23(35)36)33-22(17)15-2-1-3-16(11-15)40(26,27,28,29)30;/h1-3,6-7,9,11-13H,4-5,8,10H2,(H2,31,37)(H,35,36);1H2. The van der Waals surface area contributed by atoms with Crippen molar-refractivity contribution in [1.82, 2.24) is 14.8 Å². The zero-order chi connectivity index (χ0) is 29.1. The first kappa shape index (κ1) is 30.7. The molecule has 1 fully saturated rings. The lowest BCUT2D eigenvalue weighted by Gasteiger charge is -2.40. The molecule has 222 valence electrons. The quantitative estimate of drug-likeness (QED) is 0.117. The van der Waals surface area contributed by atoms with Crippen LogP contribution in [0.25, 0.3) is 16.4 Å². The highest BCUT2D eigenvalue weighted by molar-refractivity contribution is 8.45. The van der Waals surface area contributed by atoms with Gasteiger partial charge >= 0.3 is 16.2 Å². The van der Waals surface area contributed by atoms with E-state index in [9.17, 15) is 37.9 Å². The van der Waals surface area contributed by atoms with Crippen molar-refractivity contribution < 1.29 is 43.4 Å². The predicted octanol–water partition coefficient (Wildman–Crippen LogP) is 6.79. The van der Waals surface area contributed by atoms with Gasteiger partial charge in [0.25, 0.3) is 0 Å². The summed E-state index contributed by atoms with van der Waals surface area (Å²) in [6, 6.07) is 6.46. The van der Waals surface area contributed by atoms with Crippen molar-refractivity contribution in [3.63, 3.8) is 0 Å². The van der Waals surface area contributed by atoms with E-state index in [1.807, 2.05) is 0 Å². The molecule has 1 saturated carbocycles. The number of aromatic nitrogens is 3. The van der Waals surface area contributed by atoms with Crippen LogP contribution in [0.4, 0.5) is 23.8 Å². The minimum Gasteiger partial charge on any atom is -0.870 e. The number of hydrogen-bond donors (Lipinski definition) is 2. The molecule has 0 bridgehead atoms. The smallest absolute Gasteiger partial charge is 0.355 e. The normalized spacial score (nSPS) is 16.0. The molecule has 0 saturated heterocycles. The number of hydrogen-bond acceptors (Lipinski definition) is 6. The van der Waals surface area contributed by atoms with Gasteiger partial charge in [0.1, 0.15) is 4.90 Å². The monoisotopic (exact) mass is 640 g/mol. The van der Waals surface area contributed by atoms with E-state index in [0.717, 1.165) is 36.3 Å². The summed E-state index contributed by atoms with van der Waals surface area (Å²) in [7, 11) is -12.5. The van der Waals surface area contributed by atoms with Gasteiger partial charge in [0.05, 0.1) is 11.4 Å². The number of benzene rings is 2. The minimum absolute atomic E-state index is 0. The van der Waals surface area contributed by atoms with Gasteiger partial charge in [0.2, 0.25) is 10.0 Å². The second kappa shape index (κ2) is 9.94. The highest BCUT2D eigenvalue weighted by atomic mass is 32.5. The molecule has 1 atom stereocenters. The molecule has 1 aliphatic carbocycles. The van der Waals surface area contributed by atoms with Crippen molar-refractivity contribution in [2.45, 2.75) is 35.5 Å². The van der Waals surface area contributed by atoms with Crippen molar-refractivity contribution in [2.24, 2.45) is 11.1 Å². The van der Waals surface area contributed by atoms with Gasteiger partial charge in [-0.15, -0.1) is 16.5 Å². The number of halogens is 6. The van der Waals surface area contributed by atoms with Gasteiger partial charge in [0.15, 0.2) is 22.5 Å². The van der Waals surface area contributed by atoms with Crippen molar-refractivity contribution in [2.75, 3.05) is 0 Å². The Hall–Kier alpha value is -3.25. The van der Waals surface area contributed by atoms with Gasteiger partial charge in [-0.05, 0) is 55.0 Å². The summed E-state index contributed by atoms with van der Waals surface area (Å²) in [5.41, 5.74) is 0.561. The summed E-state index contributed by atoms with van der Waals surface area (Å²) < 4.78 is 95.9. The van der Waals surface area contributed by atoms with Crippen LogP contribution in [0, 0.1) is 11.7 Å². The maximum atomic E-state index is 14.6. The summed E-state index contributed by atoms with van der Waals surface area (Å²) in [4.78, 5) is 13.2. The van der Waals surface area contributed by atoms with Crippen LogP contribution in [0.3, 0.4) is 0 Å². The van der Waals surface area contributed by atoms with E-state index >= 15 is 0 Å². The number of thiol groups is 1. The average Bonchev–Trinajstić information content (AvgIpc) is 3.40. The molecule has 2 heterocycles. The molecule has 2 aromatic heterocycles. The number of carbonyl (C=O) groups is 1. The molecule has 8 nitrogen and oxygen atoms in total. The molecule has 5 rings (SSSR count). The van der Waals surface area contributed by atoms with Gasteiger partial charge in [-0.2, -0.15) is 5.10 Å². The van der Waals surface area contributed by atoms with Crippen molar-refractivity contribution in [1.29, 1.82) is 0 Å². The van der Waals surface area contributed by atoms with E-state index in [-0.39, 0.29) is 50.9 Å². The number of carboxylic acid groups (broad SMARTS) is 1. The first-order valence-corrected chi connectivity index (χ1v) is 15.8. The Labute approximate surface area is 235 Å². The first-order valence-electron chi connectivity index (χ1n) is 11.6. The van der Waals surface area contributed by atoms with E-state index in [4.69, 9.17) is 5.14 Å². The van der Waals surface area contributed by atoms with Crippen LogP contribution in [-0.2, 0) is 28.0 Å². The lowest BCUT2D eigenvalue weighted by molar-refractivity contribution is 0.0691. The van der Waals surface area contributed by atoms with Gasteiger partial charge in [-0.25, -0.2) is 18.9 Å². The molecule has 0 aliphatic heterocycles. The van der Waals surface area contributed by atoms with Gasteiger partial charge < -0.3 is 10.6 Å². The third kappa shape index (κ3) is 6.64. The largest absolute Gasteiger partial charge is 0.870 e. The Morgan fingerprint density at radius 3 is 2.41 bits per heavy atom. The van der Waals surface area contributed by atoms with E-state index < -0.39 is 37.9 Å².